The van der Waals surface area contributed by atoms with Crippen molar-refractivity contribution >= 4 is 33.7 Å². The van der Waals surface area contributed by atoms with E-state index in [9.17, 15) is 22.7 Å². The van der Waals surface area contributed by atoms with Gasteiger partial charge in [0.25, 0.3) is 5.91 Å². The number of amides is 1. The first-order valence-electron chi connectivity index (χ1n) is 9.78. The van der Waals surface area contributed by atoms with E-state index in [4.69, 9.17) is 11.6 Å². The first-order chi connectivity index (χ1) is 15.7. The van der Waals surface area contributed by atoms with Gasteiger partial charge in [-0.25, -0.2) is 18.2 Å². The molecule has 10 heteroatoms. The largest absolute Gasteiger partial charge is 0.507 e. The zero-order chi connectivity index (χ0) is 24.0. The van der Waals surface area contributed by atoms with Gasteiger partial charge in [-0.1, -0.05) is 47.5 Å². The summed E-state index contributed by atoms with van der Waals surface area (Å²) in [6, 6.07) is 16.4. The molecule has 0 fully saturated rings. The molecule has 7 nitrogen and oxygen atoms in total. The normalized spacial score (nSPS) is 11.8. The van der Waals surface area contributed by atoms with Crippen molar-refractivity contribution in [3.63, 3.8) is 0 Å². The summed E-state index contributed by atoms with van der Waals surface area (Å²) in [4.78, 5) is 12.5. The molecule has 33 heavy (non-hydrogen) atoms. The number of carbonyl (C=O) groups excluding carboxylic acids is 1. The van der Waals surface area contributed by atoms with Crippen molar-refractivity contribution in [1.82, 2.24) is 9.73 Å². The molecule has 0 aromatic heterocycles. The Kier molecular flexibility index (Phi) is 7.80. The molecule has 0 aliphatic heterocycles. The minimum Gasteiger partial charge on any atom is -0.507 e. The Hall–Kier alpha value is -3.27. The van der Waals surface area contributed by atoms with Crippen LogP contribution in [-0.2, 0) is 21.4 Å². The number of sulfonamides is 1. The predicted octanol–water partition coefficient (Wildman–Crippen LogP) is 3.83. The fourth-order valence-corrected chi connectivity index (χ4v) is 4.50. The minimum absolute atomic E-state index is 0.0340. The van der Waals surface area contributed by atoms with Gasteiger partial charge in [-0.3, -0.25) is 4.79 Å². The Morgan fingerprint density at radius 1 is 1.12 bits per heavy atom. The lowest BCUT2D eigenvalue weighted by Gasteiger charge is -2.22. The fraction of sp³-hybridized carbons (Fsp3) is 0.130. The minimum atomic E-state index is -4.17. The summed E-state index contributed by atoms with van der Waals surface area (Å²) >= 11 is 6.08. The number of nitrogens with one attached hydrogen (secondary N) is 1. The number of rotatable bonds is 8. The molecule has 0 saturated heterocycles. The number of hydrogen-bond acceptors (Lipinski definition) is 5. The Morgan fingerprint density at radius 2 is 1.82 bits per heavy atom. The second-order valence-electron chi connectivity index (χ2n) is 7.14. The number of carbonyl (C=O) groups is 1. The molecule has 3 aromatic carbocycles. The molecule has 3 rings (SSSR count). The number of nitrogens with zero attached hydrogens (tertiary/aromatic N) is 2. The monoisotopic (exact) mass is 489 g/mol. The second-order valence-corrected chi connectivity index (χ2v) is 9.48. The molecule has 0 aliphatic carbocycles. The zero-order valence-corrected chi connectivity index (χ0v) is 19.1. The molecular weight excluding hydrogens is 469 g/mol. The lowest BCUT2D eigenvalue weighted by Crippen LogP contribution is -2.39. The van der Waals surface area contributed by atoms with E-state index in [1.165, 1.54) is 36.5 Å². The lowest BCUT2D eigenvalue weighted by molar-refractivity contribution is -0.121. The number of hydrogen-bond donors (Lipinski definition) is 2. The van der Waals surface area contributed by atoms with Crippen molar-refractivity contribution in [3.05, 3.63) is 94.3 Å². The molecular formula is C23H21ClFN3O4S. The lowest BCUT2D eigenvalue weighted by atomic mass is 10.2. The van der Waals surface area contributed by atoms with Gasteiger partial charge in [-0.15, -0.1) is 0 Å². The Bertz CT molecular complexity index is 1260. The van der Waals surface area contributed by atoms with Gasteiger partial charge in [0.2, 0.25) is 10.0 Å². The van der Waals surface area contributed by atoms with Crippen LogP contribution in [0, 0.1) is 12.7 Å². The summed E-state index contributed by atoms with van der Waals surface area (Å²) in [5.41, 5.74) is 3.38. The molecule has 0 atom stereocenters. The molecule has 0 radical (unpaired) electrons. The molecule has 0 heterocycles. The number of aryl methyl sites for hydroxylation is 1. The topological polar surface area (TPSA) is 99.1 Å². The van der Waals surface area contributed by atoms with Crippen molar-refractivity contribution in [2.45, 2.75) is 18.4 Å². The van der Waals surface area contributed by atoms with Gasteiger partial charge in [0, 0.05) is 22.7 Å². The molecule has 3 aromatic rings. The summed E-state index contributed by atoms with van der Waals surface area (Å²) in [5, 5.41) is 13.5. The fourth-order valence-electron chi connectivity index (χ4n) is 2.91. The van der Waals surface area contributed by atoms with Crippen LogP contribution < -0.4 is 5.43 Å². The van der Waals surface area contributed by atoms with Gasteiger partial charge in [-0.2, -0.15) is 9.41 Å². The van der Waals surface area contributed by atoms with Crippen LogP contribution in [0.4, 0.5) is 4.39 Å². The second kappa shape index (κ2) is 10.6. The molecule has 0 spiro atoms. The summed E-state index contributed by atoms with van der Waals surface area (Å²) in [5.74, 6) is -1.48. The van der Waals surface area contributed by atoms with Crippen LogP contribution in [-0.4, -0.2) is 36.5 Å². The number of hydrazone groups is 1. The highest BCUT2D eigenvalue weighted by Crippen LogP contribution is 2.24. The van der Waals surface area contributed by atoms with Crippen LogP contribution >= 0.6 is 11.6 Å². The predicted molar refractivity (Wildman–Crippen MR) is 124 cm³/mol. The standard InChI is InChI=1S/C23H21ClFN3O4S/c1-16-9-11-18(12-10-16)33(31,32)28(14-19-20(24)6-4-7-21(19)25)15-23(30)27-26-13-17-5-2-3-8-22(17)29/h2-13,29H,14-15H2,1H3,(H,27,30)/b26-13-. The maximum absolute atomic E-state index is 14.4. The average molecular weight is 490 g/mol. The van der Waals surface area contributed by atoms with Crippen molar-refractivity contribution < 1.29 is 22.7 Å². The summed E-state index contributed by atoms with van der Waals surface area (Å²) in [7, 11) is -4.17. The van der Waals surface area contributed by atoms with Crippen LogP contribution in [0.1, 0.15) is 16.7 Å². The number of phenols is 1. The van der Waals surface area contributed by atoms with Crippen molar-refractivity contribution in [2.75, 3.05) is 6.54 Å². The number of halogens is 2. The van der Waals surface area contributed by atoms with Crippen LogP contribution in [0.5, 0.6) is 5.75 Å². The highest BCUT2D eigenvalue weighted by atomic mass is 35.5. The average Bonchev–Trinajstić information content (AvgIpc) is 2.77. The van der Waals surface area contributed by atoms with E-state index in [1.807, 2.05) is 6.92 Å². The van der Waals surface area contributed by atoms with Gasteiger partial charge in [-0.05, 0) is 43.3 Å². The Morgan fingerprint density at radius 3 is 2.48 bits per heavy atom. The van der Waals surface area contributed by atoms with E-state index in [0.29, 0.717) is 5.56 Å². The molecule has 0 bridgehead atoms. The maximum Gasteiger partial charge on any atom is 0.255 e. The third-order valence-corrected chi connectivity index (χ3v) is 6.86. The molecule has 172 valence electrons. The Balaban J connectivity index is 1.85. The van der Waals surface area contributed by atoms with Crippen molar-refractivity contribution in [2.24, 2.45) is 5.10 Å². The van der Waals surface area contributed by atoms with E-state index in [1.54, 1.807) is 30.3 Å². The van der Waals surface area contributed by atoms with E-state index in [0.717, 1.165) is 15.9 Å². The summed E-state index contributed by atoms with van der Waals surface area (Å²) in [6.07, 6.45) is 1.22. The molecule has 0 saturated carbocycles. The molecule has 0 aliphatic rings. The van der Waals surface area contributed by atoms with Crippen molar-refractivity contribution in [1.29, 1.82) is 0 Å². The molecule has 0 unspecified atom stereocenters. The highest BCUT2D eigenvalue weighted by Gasteiger charge is 2.28. The van der Waals surface area contributed by atoms with E-state index < -0.39 is 34.8 Å². The molecule has 2 N–H and O–H groups in total. The smallest absolute Gasteiger partial charge is 0.255 e. The quantitative estimate of drug-likeness (QED) is 0.371. The van der Waals surface area contributed by atoms with Gasteiger partial charge >= 0.3 is 0 Å². The number of para-hydroxylation sites is 1. The third-order valence-electron chi connectivity index (χ3n) is 4.70. The van der Waals surface area contributed by atoms with Crippen LogP contribution in [0.25, 0.3) is 0 Å². The van der Waals surface area contributed by atoms with Crippen molar-refractivity contribution in [3.8, 4) is 5.75 Å². The Labute approximate surface area is 196 Å². The molecule has 1 amide bonds. The summed E-state index contributed by atoms with van der Waals surface area (Å²) in [6.45, 7) is 0.709. The first-order valence-corrected chi connectivity index (χ1v) is 11.6. The van der Waals surface area contributed by atoms with Crippen LogP contribution in [0.2, 0.25) is 5.02 Å². The van der Waals surface area contributed by atoms with Gasteiger partial charge < -0.3 is 5.11 Å². The third kappa shape index (κ3) is 6.16. The number of phenolic OH excluding ortho intramolecular Hbond substituents is 1. The van der Waals surface area contributed by atoms with E-state index in [-0.39, 0.29) is 21.2 Å². The zero-order valence-electron chi connectivity index (χ0n) is 17.6. The van der Waals surface area contributed by atoms with Crippen LogP contribution in [0.15, 0.2) is 76.7 Å². The number of aromatic hydroxyl groups is 1. The van der Waals surface area contributed by atoms with Gasteiger partial charge in [0.15, 0.2) is 0 Å². The number of benzene rings is 3. The van der Waals surface area contributed by atoms with E-state index >= 15 is 0 Å². The SMILES string of the molecule is Cc1ccc(S(=O)(=O)N(CC(=O)N/N=C\c2ccccc2O)Cc2c(F)cccc2Cl)cc1. The van der Waals surface area contributed by atoms with E-state index in [2.05, 4.69) is 10.5 Å². The summed E-state index contributed by atoms with van der Waals surface area (Å²) < 4.78 is 41.7. The van der Waals surface area contributed by atoms with Gasteiger partial charge in [0.1, 0.15) is 11.6 Å². The van der Waals surface area contributed by atoms with Gasteiger partial charge in [0.05, 0.1) is 17.7 Å². The highest BCUT2D eigenvalue weighted by molar-refractivity contribution is 7.89. The van der Waals surface area contributed by atoms with Crippen LogP contribution in [0.3, 0.4) is 0 Å². The maximum atomic E-state index is 14.4. The first kappa shape index (κ1) is 24.4.